The minimum atomic E-state index is -3.77. The van der Waals surface area contributed by atoms with Crippen molar-refractivity contribution in [3.8, 4) is 0 Å². The Morgan fingerprint density at radius 1 is 1.19 bits per heavy atom. The number of ether oxygens (including phenoxy) is 1. The van der Waals surface area contributed by atoms with E-state index in [-0.39, 0.29) is 23.9 Å². The quantitative estimate of drug-likeness (QED) is 0.729. The maximum Gasteiger partial charge on any atom is 0.291 e. The van der Waals surface area contributed by atoms with Gasteiger partial charge in [0.05, 0.1) is 28.9 Å². The molecule has 1 amide bonds. The van der Waals surface area contributed by atoms with Gasteiger partial charge in [0.1, 0.15) is 0 Å². The maximum absolute atomic E-state index is 12.5. The first kappa shape index (κ1) is 17.2. The predicted octanol–water partition coefficient (Wildman–Crippen LogP) is 2.16. The minimum absolute atomic E-state index is 0.0683. The summed E-state index contributed by atoms with van der Waals surface area (Å²) in [6.07, 6.45) is 0. The summed E-state index contributed by atoms with van der Waals surface area (Å²) in [6, 6.07) is 7.99. The van der Waals surface area contributed by atoms with Gasteiger partial charge in [0.2, 0.25) is 5.09 Å². The number of rotatable bonds is 4. The van der Waals surface area contributed by atoms with E-state index in [0.717, 1.165) is 10.2 Å². The molecule has 1 N–H and O–H groups in total. The number of carbonyl (C=O) groups is 1. The van der Waals surface area contributed by atoms with Crippen LogP contribution in [0, 0.1) is 0 Å². The lowest BCUT2D eigenvalue weighted by atomic mass is 10.3. The van der Waals surface area contributed by atoms with Gasteiger partial charge in [-0.15, -0.1) is 11.3 Å². The highest BCUT2D eigenvalue weighted by atomic mass is 32.2. The third-order valence-electron chi connectivity index (χ3n) is 3.96. The summed E-state index contributed by atoms with van der Waals surface area (Å²) >= 11 is 1.47. The Labute approximate surface area is 153 Å². The van der Waals surface area contributed by atoms with E-state index in [1.165, 1.54) is 27.8 Å². The standard InChI is InChI=1S/C16H15N3O5S2/c20-16(18-11-1-2-12-14(9-11)25-10-17-12)13-3-4-15(24-13)26(21,22)19-5-7-23-8-6-19/h1-4,9-10H,5-8H2,(H,18,20). The Bertz CT molecular complexity index is 1050. The smallest absolute Gasteiger partial charge is 0.291 e. The molecule has 0 unspecified atom stereocenters. The van der Waals surface area contributed by atoms with Crippen LogP contribution in [0.2, 0.25) is 0 Å². The maximum atomic E-state index is 12.5. The topological polar surface area (TPSA) is 102 Å². The Kier molecular flexibility index (Phi) is 4.49. The number of benzene rings is 1. The summed E-state index contributed by atoms with van der Waals surface area (Å²) in [6.45, 7) is 1.21. The first-order chi connectivity index (χ1) is 12.5. The molecule has 3 heterocycles. The van der Waals surface area contributed by atoms with Crippen LogP contribution in [-0.2, 0) is 14.8 Å². The van der Waals surface area contributed by atoms with Gasteiger partial charge < -0.3 is 14.5 Å². The Balaban J connectivity index is 1.52. The summed E-state index contributed by atoms with van der Waals surface area (Å²) in [5.74, 6) is -0.585. The number of sulfonamides is 1. The summed E-state index contributed by atoms with van der Waals surface area (Å²) in [5.41, 5.74) is 3.16. The zero-order chi connectivity index (χ0) is 18.1. The van der Waals surface area contributed by atoms with E-state index in [1.54, 1.807) is 23.7 Å². The highest BCUT2D eigenvalue weighted by molar-refractivity contribution is 7.89. The number of thiazole rings is 1. The van der Waals surface area contributed by atoms with E-state index in [0.29, 0.717) is 18.9 Å². The van der Waals surface area contributed by atoms with Crippen LogP contribution in [0.3, 0.4) is 0 Å². The highest BCUT2D eigenvalue weighted by Gasteiger charge is 2.30. The van der Waals surface area contributed by atoms with Crippen molar-refractivity contribution in [2.24, 2.45) is 0 Å². The molecule has 0 spiro atoms. The van der Waals surface area contributed by atoms with E-state index >= 15 is 0 Å². The monoisotopic (exact) mass is 393 g/mol. The van der Waals surface area contributed by atoms with Gasteiger partial charge in [-0.25, -0.2) is 13.4 Å². The van der Waals surface area contributed by atoms with Gasteiger partial charge in [0.15, 0.2) is 5.76 Å². The first-order valence-corrected chi connectivity index (χ1v) is 10.2. The number of anilines is 1. The first-order valence-electron chi connectivity index (χ1n) is 7.86. The molecule has 1 aliphatic heterocycles. The fourth-order valence-corrected chi connectivity index (χ4v) is 4.66. The van der Waals surface area contributed by atoms with Crippen molar-refractivity contribution in [1.29, 1.82) is 0 Å². The van der Waals surface area contributed by atoms with Crippen molar-refractivity contribution in [1.82, 2.24) is 9.29 Å². The van der Waals surface area contributed by atoms with Crippen LogP contribution in [0.15, 0.2) is 45.4 Å². The molecule has 0 radical (unpaired) electrons. The van der Waals surface area contributed by atoms with Crippen LogP contribution in [0.4, 0.5) is 5.69 Å². The molecular weight excluding hydrogens is 378 g/mol. The average molecular weight is 393 g/mol. The molecular formula is C16H15N3O5S2. The molecule has 136 valence electrons. The molecule has 2 aromatic heterocycles. The molecule has 0 aliphatic carbocycles. The van der Waals surface area contributed by atoms with Crippen LogP contribution in [0.1, 0.15) is 10.6 Å². The molecule has 8 nitrogen and oxygen atoms in total. The van der Waals surface area contributed by atoms with Crippen LogP contribution >= 0.6 is 11.3 Å². The lowest BCUT2D eigenvalue weighted by molar-refractivity contribution is 0.0723. The number of furan rings is 1. The van der Waals surface area contributed by atoms with Crippen LogP contribution in [-0.4, -0.2) is 49.9 Å². The van der Waals surface area contributed by atoms with Crippen molar-refractivity contribution in [2.75, 3.05) is 31.6 Å². The van der Waals surface area contributed by atoms with Crippen LogP contribution in [0.5, 0.6) is 0 Å². The van der Waals surface area contributed by atoms with E-state index < -0.39 is 15.9 Å². The summed E-state index contributed by atoms with van der Waals surface area (Å²) in [4.78, 5) is 16.5. The van der Waals surface area contributed by atoms with Gasteiger partial charge in [0.25, 0.3) is 15.9 Å². The third-order valence-corrected chi connectivity index (χ3v) is 6.52. The fraction of sp³-hybridized carbons (Fsp3) is 0.250. The van der Waals surface area contributed by atoms with Gasteiger partial charge in [0, 0.05) is 18.8 Å². The van der Waals surface area contributed by atoms with Gasteiger partial charge >= 0.3 is 0 Å². The number of amides is 1. The number of carbonyl (C=O) groups excluding carboxylic acids is 1. The zero-order valence-corrected chi connectivity index (χ0v) is 15.2. The number of aromatic nitrogens is 1. The molecule has 3 aromatic rings. The second-order valence-electron chi connectivity index (χ2n) is 5.62. The molecule has 1 aliphatic rings. The molecule has 0 atom stereocenters. The summed E-state index contributed by atoms with van der Waals surface area (Å²) in [5, 5.41) is 2.45. The van der Waals surface area contributed by atoms with Crippen molar-refractivity contribution < 1.29 is 22.4 Å². The van der Waals surface area contributed by atoms with Gasteiger partial charge in [-0.3, -0.25) is 4.79 Å². The second kappa shape index (κ2) is 6.80. The van der Waals surface area contributed by atoms with Crippen molar-refractivity contribution >= 4 is 43.2 Å². The lowest BCUT2D eigenvalue weighted by Gasteiger charge is -2.24. The molecule has 10 heteroatoms. The predicted molar refractivity (Wildman–Crippen MR) is 95.9 cm³/mol. The highest BCUT2D eigenvalue weighted by Crippen LogP contribution is 2.23. The normalized spacial score (nSPS) is 16.0. The van der Waals surface area contributed by atoms with Crippen LogP contribution in [0.25, 0.3) is 10.2 Å². The summed E-state index contributed by atoms with van der Waals surface area (Å²) in [7, 11) is -3.77. The molecule has 1 fully saturated rings. The molecule has 0 bridgehead atoms. The average Bonchev–Trinajstić information content (AvgIpc) is 3.32. The molecule has 1 saturated heterocycles. The van der Waals surface area contributed by atoms with Gasteiger partial charge in [-0.2, -0.15) is 4.31 Å². The number of morpholine rings is 1. The largest absolute Gasteiger partial charge is 0.438 e. The lowest BCUT2D eigenvalue weighted by Crippen LogP contribution is -2.40. The second-order valence-corrected chi connectivity index (χ2v) is 8.38. The zero-order valence-electron chi connectivity index (χ0n) is 13.5. The van der Waals surface area contributed by atoms with Crippen molar-refractivity contribution in [2.45, 2.75) is 5.09 Å². The number of fused-ring (bicyclic) bond motifs is 1. The summed E-state index contributed by atoms with van der Waals surface area (Å²) < 4.78 is 37.8. The minimum Gasteiger partial charge on any atom is -0.438 e. The van der Waals surface area contributed by atoms with E-state index in [9.17, 15) is 13.2 Å². The fourth-order valence-electron chi connectivity index (χ4n) is 2.62. The van der Waals surface area contributed by atoms with Crippen molar-refractivity contribution in [3.05, 3.63) is 41.6 Å². The SMILES string of the molecule is O=C(Nc1ccc2ncsc2c1)c1ccc(S(=O)(=O)N2CCOCC2)o1. The molecule has 4 rings (SSSR count). The Hall–Kier alpha value is -2.27. The molecule has 1 aromatic carbocycles. The molecule has 26 heavy (non-hydrogen) atoms. The van der Waals surface area contributed by atoms with E-state index in [2.05, 4.69) is 10.3 Å². The van der Waals surface area contributed by atoms with Gasteiger partial charge in [-0.05, 0) is 30.3 Å². The number of hydrogen-bond acceptors (Lipinski definition) is 7. The number of nitrogens with zero attached hydrogens (tertiary/aromatic N) is 2. The van der Waals surface area contributed by atoms with Crippen LogP contribution < -0.4 is 5.32 Å². The van der Waals surface area contributed by atoms with E-state index in [1.807, 2.05) is 0 Å². The Morgan fingerprint density at radius 3 is 2.81 bits per heavy atom. The van der Waals surface area contributed by atoms with Gasteiger partial charge in [-0.1, -0.05) is 0 Å². The Morgan fingerprint density at radius 2 is 2.00 bits per heavy atom. The third kappa shape index (κ3) is 3.23. The van der Waals surface area contributed by atoms with Crippen molar-refractivity contribution in [3.63, 3.8) is 0 Å². The number of hydrogen-bond donors (Lipinski definition) is 1. The van der Waals surface area contributed by atoms with E-state index in [4.69, 9.17) is 9.15 Å². The number of nitrogens with one attached hydrogen (secondary N) is 1. The molecule has 0 saturated carbocycles.